The fourth-order valence-electron chi connectivity index (χ4n) is 1.26. The molecule has 0 bridgehead atoms. The van der Waals surface area contributed by atoms with E-state index in [2.05, 4.69) is 0 Å². The molecule has 0 aliphatic carbocycles. The van der Waals surface area contributed by atoms with E-state index in [1.165, 1.54) is 12.1 Å². The number of phenolic OH excluding ortho intramolecular Hbond substituents is 3. The Kier molecular flexibility index (Phi) is 3.19. The topological polar surface area (TPSA) is 86.7 Å². The highest BCUT2D eigenvalue weighted by atomic mass is 16.3. The second-order valence-corrected chi connectivity index (χ2v) is 3.48. The van der Waals surface area contributed by atoms with Crippen LogP contribution in [0.15, 0.2) is 12.1 Å². The molecule has 1 unspecified atom stereocenters. The number of nitrogens with two attached hydrogens (primary N) is 1. The van der Waals surface area contributed by atoms with Crippen LogP contribution in [-0.2, 0) is 6.42 Å². The SMILES string of the molecule is CC(N)CCc1c(O)cc(O)cc1O. The van der Waals surface area contributed by atoms with Crippen molar-refractivity contribution in [3.05, 3.63) is 17.7 Å². The minimum absolute atomic E-state index is 0.0163. The van der Waals surface area contributed by atoms with Gasteiger partial charge < -0.3 is 21.1 Å². The minimum Gasteiger partial charge on any atom is -0.508 e. The summed E-state index contributed by atoms with van der Waals surface area (Å²) in [7, 11) is 0. The zero-order valence-corrected chi connectivity index (χ0v) is 8.07. The molecule has 0 aliphatic rings. The van der Waals surface area contributed by atoms with Crippen LogP contribution in [0.5, 0.6) is 17.2 Å². The van der Waals surface area contributed by atoms with Gasteiger partial charge in [-0.15, -0.1) is 0 Å². The molecular weight excluding hydrogens is 182 g/mol. The molecule has 5 N–H and O–H groups in total. The van der Waals surface area contributed by atoms with Crippen molar-refractivity contribution in [2.45, 2.75) is 25.8 Å². The lowest BCUT2D eigenvalue weighted by molar-refractivity contribution is 0.417. The van der Waals surface area contributed by atoms with Crippen LogP contribution >= 0.6 is 0 Å². The van der Waals surface area contributed by atoms with Gasteiger partial charge in [0.1, 0.15) is 17.2 Å². The van der Waals surface area contributed by atoms with Crippen molar-refractivity contribution >= 4 is 0 Å². The van der Waals surface area contributed by atoms with Crippen LogP contribution in [0.3, 0.4) is 0 Å². The summed E-state index contributed by atoms with van der Waals surface area (Å²) in [6.45, 7) is 1.86. The third kappa shape index (κ3) is 2.53. The minimum atomic E-state index is -0.149. The van der Waals surface area contributed by atoms with Gasteiger partial charge >= 0.3 is 0 Å². The van der Waals surface area contributed by atoms with Crippen LogP contribution in [0.2, 0.25) is 0 Å². The van der Waals surface area contributed by atoms with E-state index < -0.39 is 0 Å². The van der Waals surface area contributed by atoms with Gasteiger partial charge in [0, 0.05) is 23.7 Å². The lowest BCUT2D eigenvalue weighted by Crippen LogP contribution is -2.15. The molecule has 0 radical (unpaired) electrons. The summed E-state index contributed by atoms with van der Waals surface area (Å²) >= 11 is 0. The lowest BCUT2D eigenvalue weighted by atomic mass is 10.0. The lowest BCUT2D eigenvalue weighted by Gasteiger charge is -2.09. The van der Waals surface area contributed by atoms with E-state index in [9.17, 15) is 10.2 Å². The van der Waals surface area contributed by atoms with Crippen LogP contribution in [0, 0.1) is 0 Å². The van der Waals surface area contributed by atoms with Crippen molar-refractivity contribution in [2.75, 3.05) is 0 Å². The second-order valence-electron chi connectivity index (χ2n) is 3.48. The highest BCUT2D eigenvalue weighted by molar-refractivity contribution is 5.48. The van der Waals surface area contributed by atoms with Gasteiger partial charge in [0.15, 0.2) is 0 Å². The molecule has 0 amide bonds. The summed E-state index contributed by atoms with van der Waals surface area (Å²) in [5, 5.41) is 27.9. The third-order valence-electron chi connectivity index (χ3n) is 2.04. The molecule has 0 aromatic heterocycles. The van der Waals surface area contributed by atoms with Gasteiger partial charge in [0.2, 0.25) is 0 Å². The van der Waals surface area contributed by atoms with Crippen molar-refractivity contribution in [1.29, 1.82) is 0 Å². The molecule has 78 valence electrons. The van der Waals surface area contributed by atoms with Gasteiger partial charge in [-0.3, -0.25) is 0 Å². The highest BCUT2D eigenvalue weighted by Gasteiger charge is 2.09. The smallest absolute Gasteiger partial charge is 0.126 e. The van der Waals surface area contributed by atoms with Gasteiger partial charge in [-0.05, 0) is 19.8 Å². The van der Waals surface area contributed by atoms with Crippen LogP contribution in [-0.4, -0.2) is 21.4 Å². The molecule has 1 aromatic carbocycles. The van der Waals surface area contributed by atoms with E-state index in [0.717, 1.165) is 0 Å². The van der Waals surface area contributed by atoms with Crippen molar-refractivity contribution in [2.24, 2.45) is 5.73 Å². The first-order valence-electron chi connectivity index (χ1n) is 4.50. The molecule has 1 rings (SSSR count). The van der Waals surface area contributed by atoms with E-state index in [1.54, 1.807) is 0 Å². The van der Waals surface area contributed by atoms with Crippen LogP contribution in [0.4, 0.5) is 0 Å². The van der Waals surface area contributed by atoms with Gasteiger partial charge in [-0.2, -0.15) is 0 Å². The Bertz CT molecular complexity index is 300. The first-order valence-corrected chi connectivity index (χ1v) is 4.50. The summed E-state index contributed by atoms with van der Waals surface area (Å²) in [5.41, 5.74) is 5.99. The summed E-state index contributed by atoms with van der Waals surface area (Å²) in [4.78, 5) is 0. The monoisotopic (exact) mass is 197 g/mol. The second kappa shape index (κ2) is 4.19. The molecule has 14 heavy (non-hydrogen) atoms. The van der Waals surface area contributed by atoms with Crippen LogP contribution in [0.1, 0.15) is 18.9 Å². The van der Waals surface area contributed by atoms with Crippen LogP contribution < -0.4 is 5.73 Å². The Labute approximate surface area is 82.6 Å². The molecule has 4 nitrogen and oxygen atoms in total. The average molecular weight is 197 g/mol. The first-order chi connectivity index (χ1) is 6.50. The molecular formula is C10H15NO3. The van der Waals surface area contributed by atoms with Crippen LogP contribution in [0.25, 0.3) is 0 Å². The molecule has 0 aliphatic heterocycles. The maximum atomic E-state index is 9.42. The predicted molar refractivity (Wildman–Crippen MR) is 53.4 cm³/mol. The zero-order chi connectivity index (χ0) is 10.7. The van der Waals surface area contributed by atoms with E-state index in [-0.39, 0.29) is 23.3 Å². The van der Waals surface area contributed by atoms with Crippen molar-refractivity contribution in [3.8, 4) is 17.2 Å². The van der Waals surface area contributed by atoms with Crippen molar-refractivity contribution < 1.29 is 15.3 Å². The Hall–Kier alpha value is -1.42. The summed E-state index contributed by atoms with van der Waals surface area (Å²) < 4.78 is 0. The number of rotatable bonds is 3. The Morgan fingerprint density at radius 2 is 1.71 bits per heavy atom. The molecule has 0 saturated heterocycles. The predicted octanol–water partition coefficient (Wildman–Crippen LogP) is 1.08. The maximum absolute atomic E-state index is 9.42. The molecule has 4 heteroatoms. The van der Waals surface area contributed by atoms with Gasteiger partial charge in [0.05, 0.1) is 0 Å². The highest BCUT2D eigenvalue weighted by Crippen LogP contribution is 2.32. The maximum Gasteiger partial charge on any atom is 0.126 e. The number of phenols is 3. The number of aromatic hydroxyl groups is 3. The fraction of sp³-hybridized carbons (Fsp3) is 0.400. The summed E-state index contributed by atoms with van der Waals surface area (Å²) in [6, 6.07) is 2.43. The number of hydrogen-bond donors (Lipinski definition) is 4. The number of benzene rings is 1. The van der Waals surface area contributed by atoms with Gasteiger partial charge in [-0.25, -0.2) is 0 Å². The van der Waals surface area contributed by atoms with E-state index >= 15 is 0 Å². The molecule has 0 saturated carbocycles. The van der Waals surface area contributed by atoms with E-state index in [1.807, 2.05) is 6.92 Å². The van der Waals surface area contributed by atoms with Gasteiger partial charge in [0.25, 0.3) is 0 Å². The molecule has 0 spiro atoms. The van der Waals surface area contributed by atoms with E-state index in [0.29, 0.717) is 18.4 Å². The quantitative estimate of drug-likeness (QED) is 0.584. The Morgan fingerprint density at radius 3 is 2.14 bits per heavy atom. The normalized spacial score (nSPS) is 12.7. The average Bonchev–Trinajstić information content (AvgIpc) is 2.01. The molecule has 0 heterocycles. The first kappa shape index (κ1) is 10.7. The molecule has 0 fully saturated rings. The zero-order valence-electron chi connectivity index (χ0n) is 8.07. The largest absolute Gasteiger partial charge is 0.508 e. The van der Waals surface area contributed by atoms with Crippen molar-refractivity contribution in [1.82, 2.24) is 0 Å². The third-order valence-corrected chi connectivity index (χ3v) is 2.04. The Morgan fingerprint density at radius 1 is 1.21 bits per heavy atom. The Balaban J connectivity index is 2.86. The fourth-order valence-corrected chi connectivity index (χ4v) is 1.26. The number of hydrogen-bond acceptors (Lipinski definition) is 4. The molecule has 1 atom stereocenters. The standard InChI is InChI=1S/C10H15NO3/c1-6(11)2-3-8-9(13)4-7(12)5-10(8)14/h4-6,12-14H,2-3,11H2,1H3. The van der Waals surface area contributed by atoms with Gasteiger partial charge in [-0.1, -0.05) is 0 Å². The van der Waals surface area contributed by atoms with E-state index in [4.69, 9.17) is 10.8 Å². The molecule has 1 aromatic rings. The summed E-state index contributed by atoms with van der Waals surface area (Å²) in [5.74, 6) is -0.337. The summed E-state index contributed by atoms with van der Waals surface area (Å²) in [6.07, 6.45) is 1.17. The van der Waals surface area contributed by atoms with Crippen molar-refractivity contribution in [3.63, 3.8) is 0 Å².